The highest BCUT2D eigenvalue weighted by atomic mass is 16.5. The molecule has 0 aliphatic rings. The number of nitrogens with zero attached hydrogens (tertiary/aromatic N) is 2. The van der Waals surface area contributed by atoms with Crippen LogP contribution in [0.15, 0.2) is 30.5 Å². The smallest absolute Gasteiger partial charge is 0.165 e. The molecule has 108 valence electrons. The fourth-order valence-electron chi connectivity index (χ4n) is 2.33. The Kier molecular flexibility index (Phi) is 4.60. The van der Waals surface area contributed by atoms with Crippen molar-refractivity contribution in [3.8, 4) is 11.5 Å². The Labute approximate surface area is 118 Å². The number of methoxy groups -OCH3 is 2. The van der Waals surface area contributed by atoms with Crippen LogP contribution in [0.25, 0.3) is 0 Å². The van der Waals surface area contributed by atoms with Crippen LogP contribution in [0.3, 0.4) is 0 Å². The van der Waals surface area contributed by atoms with E-state index in [1.165, 1.54) is 0 Å². The molecule has 3 N–H and O–H groups in total. The van der Waals surface area contributed by atoms with Gasteiger partial charge in [-0.15, -0.1) is 0 Å². The number of benzene rings is 1. The molecule has 0 bridgehead atoms. The van der Waals surface area contributed by atoms with E-state index in [1.807, 2.05) is 35.9 Å². The molecule has 0 spiro atoms. The van der Waals surface area contributed by atoms with Gasteiger partial charge in [0.15, 0.2) is 11.5 Å². The summed E-state index contributed by atoms with van der Waals surface area (Å²) in [5, 5.41) is 4.28. The normalized spacial score (nSPS) is 12.2. The van der Waals surface area contributed by atoms with Crippen LogP contribution in [0.4, 0.5) is 0 Å². The lowest BCUT2D eigenvalue weighted by Gasteiger charge is -2.21. The van der Waals surface area contributed by atoms with Gasteiger partial charge in [-0.3, -0.25) is 10.5 Å². The van der Waals surface area contributed by atoms with Gasteiger partial charge in [-0.2, -0.15) is 5.10 Å². The van der Waals surface area contributed by atoms with Crippen LogP contribution in [-0.4, -0.2) is 24.0 Å². The molecule has 2 rings (SSSR count). The van der Waals surface area contributed by atoms with E-state index in [1.54, 1.807) is 20.4 Å². The fraction of sp³-hybridized carbons (Fsp3) is 0.357. The average molecular weight is 276 g/mol. The van der Waals surface area contributed by atoms with Crippen LogP contribution in [0.1, 0.15) is 24.2 Å². The quantitative estimate of drug-likeness (QED) is 0.617. The van der Waals surface area contributed by atoms with Gasteiger partial charge in [0.2, 0.25) is 0 Å². The van der Waals surface area contributed by atoms with Crippen molar-refractivity contribution in [3.63, 3.8) is 0 Å². The topological polar surface area (TPSA) is 74.3 Å². The van der Waals surface area contributed by atoms with Gasteiger partial charge >= 0.3 is 0 Å². The van der Waals surface area contributed by atoms with Crippen LogP contribution in [0.5, 0.6) is 11.5 Å². The number of nitrogens with two attached hydrogens (primary N) is 1. The maximum absolute atomic E-state index is 5.75. The molecule has 0 fully saturated rings. The molecule has 0 amide bonds. The zero-order valence-corrected chi connectivity index (χ0v) is 12.0. The van der Waals surface area contributed by atoms with Gasteiger partial charge in [0.25, 0.3) is 0 Å². The molecule has 1 unspecified atom stereocenters. The van der Waals surface area contributed by atoms with Crippen LogP contribution in [0, 0.1) is 0 Å². The molecule has 0 aliphatic carbocycles. The van der Waals surface area contributed by atoms with E-state index in [4.69, 9.17) is 15.3 Å². The van der Waals surface area contributed by atoms with Crippen molar-refractivity contribution < 1.29 is 9.47 Å². The van der Waals surface area contributed by atoms with Crippen LogP contribution in [-0.2, 0) is 6.54 Å². The third-order valence-electron chi connectivity index (χ3n) is 3.26. The summed E-state index contributed by atoms with van der Waals surface area (Å²) in [5.41, 5.74) is 4.71. The van der Waals surface area contributed by atoms with Crippen molar-refractivity contribution in [2.24, 2.45) is 5.84 Å². The Hall–Kier alpha value is -2.05. The monoisotopic (exact) mass is 276 g/mol. The third kappa shape index (κ3) is 2.48. The van der Waals surface area contributed by atoms with Gasteiger partial charge in [0, 0.05) is 18.3 Å². The first kappa shape index (κ1) is 14.4. The molecule has 0 saturated carbocycles. The molecule has 0 radical (unpaired) electrons. The zero-order chi connectivity index (χ0) is 14.5. The molecular formula is C14H20N4O2. The first-order valence-electron chi connectivity index (χ1n) is 6.45. The number of hydrazine groups is 1. The molecule has 1 atom stereocenters. The summed E-state index contributed by atoms with van der Waals surface area (Å²) in [4.78, 5) is 0. The Morgan fingerprint density at radius 1 is 1.30 bits per heavy atom. The maximum atomic E-state index is 5.75. The minimum absolute atomic E-state index is 0.220. The molecule has 0 aliphatic heterocycles. The summed E-state index contributed by atoms with van der Waals surface area (Å²) < 4.78 is 12.7. The van der Waals surface area contributed by atoms with E-state index in [0.29, 0.717) is 11.5 Å². The second-order valence-corrected chi connectivity index (χ2v) is 4.25. The molecular weight excluding hydrogens is 256 g/mol. The number of rotatable bonds is 6. The summed E-state index contributed by atoms with van der Waals surface area (Å²) in [6.45, 7) is 2.81. The molecule has 2 aromatic rings. The molecule has 1 heterocycles. The van der Waals surface area contributed by atoms with Crippen LogP contribution >= 0.6 is 0 Å². The first-order valence-corrected chi connectivity index (χ1v) is 6.45. The summed E-state index contributed by atoms with van der Waals surface area (Å²) in [5.74, 6) is 7.09. The van der Waals surface area contributed by atoms with Gasteiger partial charge in [0.05, 0.1) is 26.0 Å². The fourth-order valence-corrected chi connectivity index (χ4v) is 2.33. The van der Waals surface area contributed by atoms with E-state index in [2.05, 4.69) is 10.5 Å². The maximum Gasteiger partial charge on any atom is 0.165 e. The molecule has 1 aromatic carbocycles. The Morgan fingerprint density at radius 2 is 2.10 bits per heavy atom. The Balaban J connectivity index is 2.52. The lowest BCUT2D eigenvalue weighted by atomic mass is 10.0. The van der Waals surface area contributed by atoms with Crippen LogP contribution in [0.2, 0.25) is 0 Å². The summed E-state index contributed by atoms with van der Waals surface area (Å²) in [6, 6.07) is 7.44. The lowest BCUT2D eigenvalue weighted by Crippen LogP contribution is -2.31. The SMILES string of the molecule is CCn1nccc1C(NN)c1cccc(OC)c1OC. The van der Waals surface area contributed by atoms with Crippen molar-refractivity contribution in [3.05, 3.63) is 41.7 Å². The van der Waals surface area contributed by atoms with Crippen molar-refractivity contribution in [1.29, 1.82) is 0 Å². The van der Waals surface area contributed by atoms with E-state index < -0.39 is 0 Å². The standard InChI is InChI=1S/C14H20N4O2/c1-4-18-11(8-9-16-18)13(17-15)10-6-5-7-12(19-2)14(10)20-3/h5-9,13,17H,4,15H2,1-3H3. The lowest BCUT2D eigenvalue weighted by molar-refractivity contribution is 0.348. The number of para-hydroxylation sites is 1. The first-order chi connectivity index (χ1) is 9.76. The molecule has 0 saturated heterocycles. The Morgan fingerprint density at radius 3 is 2.70 bits per heavy atom. The predicted molar refractivity (Wildman–Crippen MR) is 76.6 cm³/mol. The number of hydrogen-bond acceptors (Lipinski definition) is 5. The summed E-state index contributed by atoms with van der Waals surface area (Å²) >= 11 is 0. The highest BCUT2D eigenvalue weighted by Crippen LogP contribution is 2.36. The highest BCUT2D eigenvalue weighted by molar-refractivity contribution is 5.50. The van der Waals surface area contributed by atoms with Gasteiger partial charge in [-0.1, -0.05) is 12.1 Å². The second-order valence-electron chi connectivity index (χ2n) is 4.25. The zero-order valence-electron chi connectivity index (χ0n) is 12.0. The van der Waals surface area contributed by atoms with E-state index in [0.717, 1.165) is 17.8 Å². The molecule has 1 aromatic heterocycles. The average Bonchev–Trinajstić information content (AvgIpc) is 2.96. The van der Waals surface area contributed by atoms with Gasteiger partial charge < -0.3 is 9.47 Å². The van der Waals surface area contributed by atoms with E-state index in [9.17, 15) is 0 Å². The number of ether oxygens (including phenoxy) is 2. The largest absolute Gasteiger partial charge is 0.493 e. The molecule has 6 heteroatoms. The Bertz CT molecular complexity index is 568. The summed E-state index contributed by atoms with van der Waals surface area (Å²) in [6.07, 6.45) is 1.76. The van der Waals surface area contributed by atoms with E-state index in [-0.39, 0.29) is 6.04 Å². The van der Waals surface area contributed by atoms with Gasteiger partial charge in [-0.25, -0.2) is 5.43 Å². The number of aryl methyl sites for hydroxylation is 1. The minimum atomic E-state index is -0.220. The molecule has 6 nitrogen and oxygen atoms in total. The van der Waals surface area contributed by atoms with Crippen LogP contribution < -0.4 is 20.7 Å². The number of hydrogen-bond donors (Lipinski definition) is 2. The van der Waals surface area contributed by atoms with Gasteiger partial charge in [0.1, 0.15) is 0 Å². The van der Waals surface area contributed by atoms with Crippen molar-refractivity contribution in [2.75, 3.05) is 14.2 Å². The van der Waals surface area contributed by atoms with E-state index >= 15 is 0 Å². The number of aromatic nitrogens is 2. The third-order valence-corrected chi connectivity index (χ3v) is 3.26. The van der Waals surface area contributed by atoms with Crippen molar-refractivity contribution in [1.82, 2.24) is 15.2 Å². The highest BCUT2D eigenvalue weighted by Gasteiger charge is 2.22. The number of nitrogens with one attached hydrogen (secondary N) is 1. The second kappa shape index (κ2) is 6.40. The summed E-state index contributed by atoms with van der Waals surface area (Å²) in [7, 11) is 3.23. The van der Waals surface area contributed by atoms with Crippen molar-refractivity contribution in [2.45, 2.75) is 19.5 Å². The predicted octanol–water partition coefficient (Wildman–Crippen LogP) is 1.47. The molecule has 20 heavy (non-hydrogen) atoms. The van der Waals surface area contributed by atoms with Gasteiger partial charge in [-0.05, 0) is 19.1 Å². The van der Waals surface area contributed by atoms with Crippen molar-refractivity contribution >= 4 is 0 Å². The minimum Gasteiger partial charge on any atom is -0.493 e.